The highest BCUT2D eigenvalue weighted by molar-refractivity contribution is 5.61. The van der Waals surface area contributed by atoms with Gasteiger partial charge >= 0.3 is 0 Å². The summed E-state index contributed by atoms with van der Waals surface area (Å²) in [6, 6.07) is 0. The predicted octanol–water partition coefficient (Wildman–Crippen LogP) is -0.246. The number of piperazine rings is 1. The number of nitrogens with two attached hydrogens (primary N) is 1. The van der Waals surface area contributed by atoms with Crippen LogP contribution in [-0.4, -0.2) is 47.9 Å². The van der Waals surface area contributed by atoms with Crippen molar-refractivity contribution in [1.82, 2.24) is 14.7 Å². The summed E-state index contributed by atoms with van der Waals surface area (Å²) in [5.41, 5.74) is 6.64. The minimum Gasteiger partial charge on any atom is -0.394 e. The predicted molar refractivity (Wildman–Crippen MR) is 57.3 cm³/mol. The van der Waals surface area contributed by atoms with E-state index in [4.69, 9.17) is 5.73 Å². The molecule has 1 aliphatic rings. The van der Waals surface area contributed by atoms with Gasteiger partial charge in [0.25, 0.3) is 0 Å². The molecule has 1 aliphatic heterocycles. The van der Waals surface area contributed by atoms with E-state index in [2.05, 4.69) is 21.9 Å². The Kier molecular flexibility index (Phi) is 2.33. The van der Waals surface area contributed by atoms with Gasteiger partial charge in [-0.15, -0.1) is 0 Å². The Morgan fingerprint density at radius 3 is 2.36 bits per heavy atom. The topological polar surface area (TPSA) is 50.3 Å². The van der Waals surface area contributed by atoms with Crippen LogP contribution in [0.25, 0.3) is 0 Å². The first kappa shape index (κ1) is 9.33. The van der Waals surface area contributed by atoms with Crippen LogP contribution in [0.5, 0.6) is 0 Å². The van der Waals surface area contributed by atoms with E-state index < -0.39 is 0 Å². The summed E-state index contributed by atoms with van der Waals surface area (Å²) in [5.74, 6) is 0.931. The van der Waals surface area contributed by atoms with E-state index >= 15 is 0 Å². The Hall–Kier alpha value is -1.23. The number of aryl methyl sites for hydroxylation is 1. The molecule has 0 spiro atoms. The van der Waals surface area contributed by atoms with Gasteiger partial charge in [-0.25, -0.2) is 0 Å². The second-order valence-electron chi connectivity index (χ2n) is 3.87. The van der Waals surface area contributed by atoms with Gasteiger partial charge in [-0.05, 0) is 7.05 Å². The smallest absolute Gasteiger partial charge is 0.173 e. The molecule has 2 N–H and O–H groups in total. The molecule has 0 amide bonds. The fraction of sp³-hybridized carbons (Fsp3) is 0.667. The van der Waals surface area contributed by atoms with E-state index in [9.17, 15) is 0 Å². The van der Waals surface area contributed by atoms with Crippen LogP contribution in [0.4, 0.5) is 11.5 Å². The maximum atomic E-state index is 5.87. The van der Waals surface area contributed by atoms with E-state index in [-0.39, 0.29) is 0 Å². The molecule has 5 nitrogen and oxygen atoms in total. The third kappa shape index (κ3) is 1.68. The van der Waals surface area contributed by atoms with Crippen LogP contribution in [0.2, 0.25) is 0 Å². The number of hydrogen-bond donors (Lipinski definition) is 1. The van der Waals surface area contributed by atoms with E-state index in [0.29, 0.717) is 0 Å². The summed E-state index contributed by atoms with van der Waals surface area (Å²) >= 11 is 0. The number of hydrogen-bond acceptors (Lipinski definition) is 4. The molecule has 1 saturated heterocycles. The van der Waals surface area contributed by atoms with Gasteiger partial charge in [0.15, 0.2) is 5.82 Å². The van der Waals surface area contributed by atoms with Gasteiger partial charge in [-0.3, -0.25) is 4.68 Å². The molecule has 2 rings (SSSR count). The van der Waals surface area contributed by atoms with Gasteiger partial charge < -0.3 is 15.5 Å². The van der Waals surface area contributed by atoms with Crippen LogP contribution in [0, 0.1) is 0 Å². The number of rotatable bonds is 1. The van der Waals surface area contributed by atoms with Crippen molar-refractivity contribution in [1.29, 1.82) is 0 Å². The quantitative estimate of drug-likeness (QED) is 0.671. The molecule has 0 aliphatic carbocycles. The average Bonchev–Trinajstić information content (AvgIpc) is 2.47. The van der Waals surface area contributed by atoms with Gasteiger partial charge in [0.2, 0.25) is 0 Å². The molecule has 0 unspecified atom stereocenters. The molecule has 14 heavy (non-hydrogen) atoms. The highest BCUT2D eigenvalue weighted by atomic mass is 15.4. The van der Waals surface area contributed by atoms with Crippen molar-refractivity contribution in [2.75, 3.05) is 43.9 Å². The number of anilines is 2. The van der Waals surface area contributed by atoms with Crippen molar-refractivity contribution in [3.8, 4) is 0 Å². The van der Waals surface area contributed by atoms with Crippen LogP contribution in [0.3, 0.4) is 0 Å². The number of aromatic nitrogens is 2. The molecule has 1 fully saturated rings. The average molecular weight is 195 g/mol. The van der Waals surface area contributed by atoms with Crippen LogP contribution >= 0.6 is 0 Å². The van der Waals surface area contributed by atoms with Crippen molar-refractivity contribution in [2.45, 2.75) is 0 Å². The monoisotopic (exact) mass is 195 g/mol. The zero-order valence-electron chi connectivity index (χ0n) is 8.77. The van der Waals surface area contributed by atoms with Crippen LogP contribution in [-0.2, 0) is 7.05 Å². The number of likely N-dealkylation sites (N-methyl/N-ethyl adjacent to an activating group) is 1. The first-order valence-electron chi connectivity index (χ1n) is 4.89. The first-order chi connectivity index (χ1) is 6.66. The van der Waals surface area contributed by atoms with Gasteiger partial charge in [-0.1, -0.05) is 0 Å². The molecule has 78 valence electrons. The number of nitrogen functional groups attached to an aromatic ring is 1. The molecular weight excluding hydrogens is 178 g/mol. The van der Waals surface area contributed by atoms with E-state index in [1.807, 2.05) is 13.2 Å². The lowest BCUT2D eigenvalue weighted by Gasteiger charge is -2.32. The Balaban J connectivity index is 2.11. The normalized spacial score (nSPS) is 18.9. The zero-order valence-corrected chi connectivity index (χ0v) is 8.77. The molecule has 2 heterocycles. The lowest BCUT2D eigenvalue weighted by Crippen LogP contribution is -2.44. The first-order valence-corrected chi connectivity index (χ1v) is 4.89. The summed E-state index contributed by atoms with van der Waals surface area (Å²) in [6.45, 7) is 4.18. The molecule has 0 saturated carbocycles. The molecule has 0 radical (unpaired) electrons. The van der Waals surface area contributed by atoms with Crippen molar-refractivity contribution in [3.63, 3.8) is 0 Å². The largest absolute Gasteiger partial charge is 0.394 e. The number of nitrogens with zero attached hydrogens (tertiary/aromatic N) is 4. The van der Waals surface area contributed by atoms with E-state index in [1.54, 1.807) is 4.68 Å². The summed E-state index contributed by atoms with van der Waals surface area (Å²) in [4.78, 5) is 4.56. The standard InChI is InChI=1S/C9H17N5/c1-12-3-5-14(6-4-12)9-8(10)7-13(2)11-9/h7H,3-6,10H2,1-2H3. The van der Waals surface area contributed by atoms with Crippen molar-refractivity contribution in [3.05, 3.63) is 6.20 Å². The molecule has 0 atom stereocenters. The fourth-order valence-electron chi connectivity index (χ4n) is 1.76. The van der Waals surface area contributed by atoms with Crippen LogP contribution in [0.15, 0.2) is 6.20 Å². The van der Waals surface area contributed by atoms with Crippen molar-refractivity contribution >= 4 is 11.5 Å². The Bertz CT molecular complexity index is 311. The minimum atomic E-state index is 0.775. The van der Waals surface area contributed by atoms with E-state index in [1.165, 1.54) is 0 Å². The maximum absolute atomic E-state index is 5.87. The molecule has 0 aromatic carbocycles. The molecule has 0 bridgehead atoms. The zero-order chi connectivity index (χ0) is 10.1. The summed E-state index contributed by atoms with van der Waals surface area (Å²) in [5, 5.41) is 4.36. The highest BCUT2D eigenvalue weighted by Gasteiger charge is 2.18. The Morgan fingerprint density at radius 2 is 1.86 bits per heavy atom. The fourth-order valence-corrected chi connectivity index (χ4v) is 1.76. The van der Waals surface area contributed by atoms with Gasteiger partial charge in [-0.2, -0.15) is 5.10 Å². The molecular formula is C9H17N5. The minimum absolute atomic E-state index is 0.775. The van der Waals surface area contributed by atoms with Gasteiger partial charge in [0, 0.05) is 39.4 Å². The second-order valence-corrected chi connectivity index (χ2v) is 3.87. The van der Waals surface area contributed by atoms with Crippen molar-refractivity contribution < 1.29 is 0 Å². The highest BCUT2D eigenvalue weighted by Crippen LogP contribution is 2.20. The molecule has 1 aromatic rings. The third-order valence-corrected chi connectivity index (χ3v) is 2.64. The SMILES string of the molecule is CN1CCN(c2nn(C)cc2N)CC1. The molecule has 1 aromatic heterocycles. The van der Waals surface area contributed by atoms with Gasteiger partial charge in [0.05, 0.1) is 5.69 Å². The Morgan fingerprint density at radius 1 is 1.21 bits per heavy atom. The van der Waals surface area contributed by atoms with Crippen LogP contribution in [0.1, 0.15) is 0 Å². The molecule has 5 heteroatoms. The summed E-state index contributed by atoms with van der Waals surface area (Å²) < 4.78 is 1.77. The Labute approximate surface area is 84.1 Å². The lowest BCUT2D eigenvalue weighted by molar-refractivity contribution is 0.312. The lowest BCUT2D eigenvalue weighted by atomic mass is 10.3. The summed E-state index contributed by atoms with van der Waals surface area (Å²) in [7, 11) is 4.04. The van der Waals surface area contributed by atoms with Crippen LogP contribution < -0.4 is 10.6 Å². The summed E-state index contributed by atoms with van der Waals surface area (Å²) in [6.07, 6.45) is 1.85. The maximum Gasteiger partial charge on any atom is 0.173 e. The van der Waals surface area contributed by atoms with E-state index in [0.717, 1.165) is 37.7 Å². The van der Waals surface area contributed by atoms with Gasteiger partial charge in [0.1, 0.15) is 0 Å². The third-order valence-electron chi connectivity index (χ3n) is 2.64. The van der Waals surface area contributed by atoms with Crippen molar-refractivity contribution in [2.24, 2.45) is 7.05 Å². The second kappa shape index (κ2) is 3.49.